The third-order valence-corrected chi connectivity index (χ3v) is 4.90. The Morgan fingerprint density at radius 1 is 1.33 bits per heavy atom. The summed E-state index contributed by atoms with van der Waals surface area (Å²) in [6, 6.07) is 0.593. The maximum Gasteiger partial charge on any atom is 0.230 e. The molecule has 0 aliphatic heterocycles. The van der Waals surface area contributed by atoms with Crippen LogP contribution in [0.5, 0.6) is 0 Å². The summed E-state index contributed by atoms with van der Waals surface area (Å²) in [4.78, 5) is 11.6. The maximum absolute atomic E-state index is 11.6. The zero-order valence-corrected chi connectivity index (χ0v) is 12.8. The Morgan fingerprint density at radius 2 is 2.11 bits per heavy atom. The second-order valence-electron chi connectivity index (χ2n) is 5.28. The topological polar surface area (TPSA) is 41.1 Å². The molecule has 2 N–H and O–H groups in total. The molecular formula is C14H28N2OS. The second kappa shape index (κ2) is 8.81. The molecule has 0 heterocycles. The van der Waals surface area contributed by atoms with Gasteiger partial charge in [0.25, 0.3) is 0 Å². The molecule has 18 heavy (non-hydrogen) atoms. The molecule has 1 fully saturated rings. The predicted octanol–water partition coefficient (Wildman–Crippen LogP) is 2.41. The van der Waals surface area contributed by atoms with Gasteiger partial charge in [0.15, 0.2) is 0 Å². The summed E-state index contributed by atoms with van der Waals surface area (Å²) < 4.78 is 0. The summed E-state index contributed by atoms with van der Waals surface area (Å²) >= 11 is 1.83. The van der Waals surface area contributed by atoms with Crippen molar-refractivity contribution in [1.82, 2.24) is 10.6 Å². The minimum absolute atomic E-state index is 0.190. The van der Waals surface area contributed by atoms with Gasteiger partial charge in [-0.05, 0) is 38.1 Å². The second-order valence-corrected chi connectivity index (χ2v) is 6.51. The molecule has 0 bridgehead atoms. The summed E-state index contributed by atoms with van der Waals surface area (Å²) in [5.74, 6) is 1.60. The molecule has 0 aromatic rings. The Labute approximate surface area is 116 Å². The zero-order valence-electron chi connectivity index (χ0n) is 12.0. The van der Waals surface area contributed by atoms with Crippen LogP contribution in [0.25, 0.3) is 0 Å². The molecule has 0 spiro atoms. The summed E-state index contributed by atoms with van der Waals surface area (Å²) in [7, 11) is 0. The van der Waals surface area contributed by atoms with Gasteiger partial charge < -0.3 is 10.6 Å². The van der Waals surface area contributed by atoms with Crippen molar-refractivity contribution in [2.45, 2.75) is 57.7 Å². The fourth-order valence-electron chi connectivity index (χ4n) is 2.51. The van der Waals surface area contributed by atoms with Crippen molar-refractivity contribution in [2.75, 3.05) is 18.8 Å². The van der Waals surface area contributed by atoms with Crippen LogP contribution in [0.1, 0.15) is 46.5 Å². The van der Waals surface area contributed by atoms with E-state index in [1.165, 1.54) is 19.3 Å². The number of carbonyl (C=O) groups excluding carboxylic acids is 1. The molecule has 1 aliphatic rings. The summed E-state index contributed by atoms with van der Waals surface area (Å²) in [5.41, 5.74) is 0. The molecule has 3 unspecified atom stereocenters. The SMILES string of the molecule is CCCNC(=O)CSC1CC(C)CCC1NCC. The van der Waals surface area contributed by atoms with Crippen molar-refractivity contribution in [2.24, 2.45) is 5.92 Å². The lowest BCUT2D eigenvalue weighted by atomic mass is 9.87. The Bertz CT molecular complexity index is 248. The highest BCUT2D eigenvalue weighted by Crippen LogP contribution is 2.32. The molecule has 0 aromatic carbocycles. The first-order valence-electron chi connectivity index (χ1n) is 7.29. The average Bonchev–Trinajstić information content (AvgIpc) is 2.36. The lowest BCUT2D eigenvalue weighted by Crippen LogP contribution is -2.43. The third-order valence-electron chi connectivity index (χ3n) is 3.52. The summed E-state index contributed by atoms with van der Waals surface area (Å²) in [6.07, 6.45) is 4.82. The highest BCUT2D eigenvalue weighted by molar-refractivity contribution is 8.00. The monoisotopic (exact) mass is 272 g/mol. The van der Waals surface area contributed by atoms with E-state index in [0.717, 1.165) is 25.4 Å². The van der Waals surface area contributed by atoms with Crippen molar-refractivity contribution in [3.05, 3.63) is 0 Å². The number of nitrogens with one attached hydrogen (secondary N) is 2. The lowest BCUT2D eigenvalue weighted by Gasteiger charge is -2.34. The third kappa shape index (κ3) is 5.61. The van der Waals surface area contributed by atoms with Gasteiger partial charge in [-0.15, -0.1) is 11.8 Å². The predicted molar refractivity (Wildman–Crippen MR) is 80.0 cm³/mol. The first-order valence-corrected chi connectivity index (χ1v) is 8.33. The highest BCUT2D eigenvalue weighted by Gasteiger charge is 2.28. The number of hydrogen-bond acceptors (Lipinski definition) is 3. The van der Waals surface area contributed by atoms with E-state index < -0.39 is 0 Å². The van der Waals surface area contributed by atoms with Crippen LogP contribution in [0, 0.1) is 5.92 Å². The van der Waals surface area contributed by atoms with Crippen LogP contribution in [0.2, 0.25) is 0 Å². The number of thioether (sulfide) groups is 1. The van der Waals surface area contributed by atoms with Gasteiger partial charge >= 0.3 is 0 Å². The van der Waals surface area contributed by atoms with E-state index in [9.17, 15) is 4.79 Å². The van der Waals surface area contributed by atoms with Gasteiger partial charge in [0.05, 0.1) is 5.75 Å². The smallest absolute Gasteiger partial charge is 0.230 e. The normalized spacial score (nSPS) is 28.1. The van der Waals surface area contributed by atoms with Gasteiger partial charge in [0.1, 0.15) is 0 Å². The van der Waals surface area contributed by atoms with E-state index in [4.69, 9.17) is 0 Å². The van der Waals surface area contributed by atoms with Crippen LogP contribution in [-0.2, 0) is 4.79 Å². The maximum atomic E-state index is 11.6. The number of rotatable bonds is 7. The van der Waals surface area contributed by atoms with E-state index in [1.54, 1.807) is 0 Å². The van der Waals surface area contributed by atoms with Crippen LogP contribution in [0.4, 0.5) is 0 Å². The molecule has 0 saturated heterocycles. The van der Waals surface area contributed by atoms with E-state index in [2.05, 4.69) is 31.4 Å². The minimum atomic E-state index is 0.190. The Morgan fingerprint density at radius 3 is 2.78 bits per heavy atom. The van der Waals surface area contributed by atoms with E-state index >= 15 is 0 Å². The number of amides is 1. The van der Waals surface area contributed by atoms with Gasteiger partial charge in [-0.2, -0.15) is 0 Å². The van der Waals surface area contributed by atoms with Crippen LogP contribution in [0.15, 0.2) is 0 Å². The fraction of sp³-hybridized carbons (Fsp3) is 0.929. The molecule has 0 aromatic heterocycles. The summed E-state index contributed by atoms with van der Waals surface area (Å²) in [5, 5.41) is 7.12. The first kappa shape index (κ1) is 15.8. The molecule has 3 atom stereocenters. The Kier molecular flexibility index (Phi) is 7.75. The van der Waals surface area contributed by atoms with Crippen LogP contribution < -0.4 is 10.6 Å². The molecule has 1 rings (SSSR count). The molecule has 1 saturated carbocycles. The molecule has 1 amide bonds. The Hall–Kier alpha value is -0.220. The van der Waals surface area contributed by atoms with Crippen LogP contribution in [0.3, 0.4) is 0 Å². The van der Waals surface area contributed by atoms with E-state index in [1.807, 2.05) is 11.8 Å². The van der Waals surface area contributed by atoms with Gasteiger partial charge in [0.2, 0.25) is 5.91 Å². The van der Waals surface area contributed by atoms with Gasteiger partial charge in [-0.3, -0.25) is 4.79 Å². The fourth-order valence-corrected chi connectivity index (χ4v) is 3.90. The lowest BCUT2D eigenvalue weighted by molar-refractivity contribution is -0.118. The van der Waals surface area contributed by atoms with Crippen molar-refractivity contribution in [3.63, 3.8) is 0 Å². The van der Waals surface area contributed by atoms with Crippen LogP contribution >= 0.6 is 11.8 Å². The van der Waals surface area contributed by atoms with Crippen molar-refractivity contribution >= 4 is 17.7 Å². The Balaban J connectivity index is 2.33. The van der Waals surface area contributed by atoms with Gasteiger partial charge in [-0.25, -0.2) is 0 Å². The quantitative estimate of drug-likeness (QED) is 0.748. The summed E-state index contributed by atoms with van der Waals surface area (Å²) in [6.45, 7) is 8.40. The molecule has 0 radical (unpaired) electrons. The van der Waals surface area contributed by atoms with Gasteiger partial charge in [0, 0.05) is 17.8 Å². The van der Waals surface area contributed by atoms with Gasteiger partial charge in [-0.1, -0.05) is 20.8 Å². The zero-order chi connectivity index (χ0) is 13.4. The minimum Gasteiger partial charge on any atom is -0.355 e. The average molecular weight is 272 g/mol. The number of hydrogen-bond donors (Lipinski definition) is 2. The standard InChI is InChI=1S/C14H28N2OS/c1-4-8-16-14(17)10-18-13-9-11(3)6-7-12(13)15-5-2/h11-13,15H,4-10H2,1-3H3,(H,16,17). The van der Waals surface area contributed by atoms with E-state index in [0.29, 0.717) is 17.0 Å². The van der Waals surface area contributed by atoms with Crippen LogP contribution in [-0.4, -0.2) is 36.0 Å². The van der Waals surface area contributed by atoms with Crippen molar-refractivity contribution in [1.29, 1.82) is 0 Å². The molecular weight excluding hydrogens is 244 g/mol. The molecule has 106 valence electrons. The largest absolute Gasteiger partial charge is 0.355 e. The highest BCUT2D eigenvalue weighted by atomic mass is 32.2. The van der Waals surface area contributed by atoms with Crippen molar-refractivity contribution < 1.29 is 4.79 Å². The molecule has 4 heteroatoms. The van der Waals surface area contributed by atoms with E-state index in [-0.39, 0.29) is 5.91 Å². The molecule has 3 nitrogen and oxygen atoms in total. The molecule has 1 aliphatic carbocycles. The first-order chi connectivity index (χ1) is 8.67. The number of carbonyl (C=O) groups is 1. The van der Waals surface area contributed by atoms with Crippen molar-refractivity contribution in [3.8, 4) is 0 Å².